The van der Waals surface area contributed by atoms with Gasteiger partial charge in [0.05, 0.1) is 11.3 Å². The Labute approximate surface area is 93.3 Å². The van der Waals surface area contributed by atoms with E-state index in [1.165, 1.54) is 0 Å². The second kappa shape index (κ2) is 4.72. The van der Waals surface area contributed by atoms with Crippen molar-refractivity contribution in [2.24, 2.45) is 11.5 Å². The van der Waals surface area contributed by atoms with Crippen molar-refractivity contribution in [3.05, 3.63) is 35.2 Å². The minimum atomic E-state index is -5.18. The Morgan fingerprint density at radius 1 is 1.00 bits per heavy atom. The summed E-state index contributed by atoms with van der Waals surface area (Å²) in [7, 11) is 0. The maximum Gasteiger partial charge on any atom is 0.416 e. The van der Waals surface area contributed by atoms with Crippen molar-refractivity contribution in [3.63, 3.8) is 0 Å². The predicted octanol–water partition coefficient (Wildman–Crippen LogP) is 2.74. The third kappa shape index (κ3) is 4.41. The van der Waals surface area contributed by atoms with Gasteiger partial charge < -0.3 is 11.5 Å². The SMILES string of the molecule is C=C(N)/C(N)=C\C(=C(/C)C(F)(F)F)C(F)(F)F. The monoisotopic (exact) mass is 260 g/mol. The average Bonchev–Trinajstić information content (AvgIpc) is 2.08. The Morgan fingerprint density at radius 2 is 1.41 bits per heavy atom. The molecule has 0 radical (unpaired) electrons. The molecule has 0 heterocycles. The molecule has 8 heteroatoms. The summed E-state index contributed by atoms with van der Waals surface area (Å²) in [6.45, 7) is 3.34. The van der Waals surface area contributed by atoms with Crippen molar-refractivity contribution in [1.82, 2.24) is 0 Å². The van der Waals surface area contributed by atoms with Gasteiger partial charge in [-0.05, 0) is 13.0 Å². The van der Waals surface area contributed by atoms with Crippen molar-refractivity contribution in [3.8, 4) is 0 Å². The normalized spacial score (nSPS) is 15.6. The van der Waals surface area contributed by atoms with E-state index in [0.29, 0.717) is 6.92 Å². The number of rotatable bonds is 2. The van der Waals surface area contributed by atoms with Gasteiger partial charge in [0.15, 0.2) is 0 Å². The fraction of sp³-hybridized carbons (Fsp3) is 0.333. The van der Waals surface area contributed by atoms with Gasteiger partial charge in [0.25, 0.3) is 0 Å². The van der Waals surface area contributed by atoms with Gasteiger partial charge in [0, 0.05) is 11.3 Å². The summed E-state index contributed by atoms with van der Waals surface area (Å²) < 4.78 is 73.8. The number of halogens is 6. The standard InChI is InChI=1S/C9H10F6N2/c1-4(8(10,11)12)6(9(13,14)15)3-7(17)5(2)16/h3H,2,16-17H2,1H3/b6-4-,7-3+. The number of nitrogens with two attached hydrogens (primary N) is 2. The lowest BCUT2D eigenvalue weighted by molar-refractivity contribution is -0.112. The molecule has 98 valence electrons. The highest BCUT2D eigenvalue weighted by Gasteiger charge is 2.42. The molecule has 0 spiro atoms. The molecule has 4 N–H and O–H groups in total. The van der Waals surface area contributed by atoms with Gasteiger partial charge in [-0.3, -0.25) is 0 Å². The van der Waals surface area contributed by atoms with Gasteiger partial charge >= 0.3 is 12.4 Å². The van der Waals surface area contributed by atoms with E-state index < -0.39 is 34.9 Å². The van der Waals surface area contributed by atoms with E-state index in [-0.39, 0.29) is 6.08 Å². The van der Waals surface area contributed by atoms with Crippen molar-refractivity contribution in [2.75, 3.05) is 0 Å². The lowest BCUT2D eigenvalue weighted by Gasteiger charge is -2.15. The zero-order valence-corrected chi connectivity index (χ0v) is 8.71. The molecule has 0 saturated heterocycles. The van der Waals surface area contributed by atoms with Crippen LogP contribution in [0.25, 0.3) is 0 Å². The molecule has 0 atom stereocenters. The summed E-state index contributed by atoms with van der Waals surface area (Å²) >= 11 is 0. The number of alkyl halides is 6. The van der Waals surface area contributed by atoms with E-state index in [4.69, 9.17) is 11.5 Å². The molecule has 0 aromatic heterocycles. The maximum absolute atomic E-state index is 12.4. The number of hydrogen-bond donors (Lipinski definition) is 2. The van der Waals surface area contributed by atoms with Crippen molar-refractivity contribution >= 4 is 0 Å². The smallest absolute Gasteiger partial charge is 0.398 e. The molecule has 0 fully saturated rings. The van der Waals surface area contributed by atoms with Crippen molar-refractivity contribution < 1.29 is 26.3 Å². The average molecular weight is 260 g/mol. The van der Waals surface area contributed by atoms with Crippen LogP contribution in [0.3, 0.4) is 0 Å². The van der Waals surface area contributed by atoms with Gasteiger partial charge in [-0.1, -0.05) is 6.58 Å². The molecule has 0 rings (SSSR count). The van der Waals surface area contributed by atoms with Crippen LogP contribution in [0, 0.1) is 0 Å². The van der Waals surface area contributed by atoms with Crippen LogP contribution in [0.5, 0.6) is 0 Å². The molecule has 0 aliphatic carbocycles. The van der Waals surface area contributed by atoms with Crippen LogP contribution in [-0.2, 0) is 0 Å². The van der Waals surface area contributed by atoms with Crippen LogP contribution in [0.15, 0.2) is 35.2 Å². The highest BCUT2D eigenvalue weighted by atomic mass is 19.4. The lowest BCUT2D eigenvalue weighted by atomic mass is 10.1. The highest BCUT2D eigenvalue weighted by Crippen LogP contribution is 2.36. The topological polar surface area (TPSA) is 52.0 Å². The highest BCUT2D eigenvalue weighted by molar-refractivity contribution is 5.38. The van der Waals surface area contributed by atoms with Crippen LogP contribution < -0.4 is 11.5 Å². The third-order valence-corrected chi connectivity index (χ3v) is 1.81. The molecule has 0 amide bonds. The van der Waals surface area contributed by atoms with Crippen LogP contribution >= 0.6 is 0 Å². The van der Waals surface area contributed by atoms with Crippen molar-refractivity contribution in [1.29, 1.82) is 0 Å². The minimum absolute atomic E-state index is 0.116. The molecule has 0 unspecified atom stereocenters. The maximum atomic E-state index is 12.4. The van der Waals surface area contributed by atoms with Gasteiger partial charge in [-0.25, -0.2) is 0 Å². The Hall–Kier alpha value is -1.60. The summed E-state index contributed by atoms with van der Waals surface area (Å²) in [5.74, 6) is 0. The Morgan fingerprint density at radius 3 is 1.65 bits per heavy atom. The lowest BCUT2D eigenvalue weighted by Crippen LogP contribution is -2.21. The Balaban J connectivity index is 5.81. The van der Waals surface area contributed by atoms with E-state index in [9.17, 15) is 26.3 Å². The molecule has 0 saturated carbocycles. The zero-order chi connectivity index (χ0) is 14.0. The summed E-state index contributed by atoms with van der Waals surface area (Å²) in [6, 6.07) is 0. The van der Waals surface area contributed by atoms with Crippen LogP contribution in [0.2, 0.25) is 0 Å². The summed E-state index contributed by atoms with van der Waals surface area (Å²) in [6.07, 6.45) is -10.2. The van der Waals surface area contributed by atoms with Gasteiger partial charge in [-0.2, -0.15) is 26.3 Å². The van der Waals surface area contributed by atoms with E-state index in [2.05, 4.69) is 6.58 Å². The number of allylic oxidation sites excluding steroid dienone is 3. The largest absolute Gasteiger partial charge is 0.416 e. The molecular weight excluding hydrogens is 250 g/mol. The first-order chi connectivity index (χ1) is 7.37. The quantitative estimate of drug-likeness (QED) is 0.592. The first kappa shape index (κ1) is 15.4. The molecular formula is C9H10F6N2. The second-order valence-electron chi connectivity index (χ2n) is 3.16. The first-order valence-electron chi connectivity index (χ1n) is 4.14. The summed E-state index contributed by atoms with van der Waals surface area (Å²) in [5.41, 5.74) is 5.21. The van der Waals surface area contributed by atoms with Crippen LogP contribution in [0.1, 0.15) is 6.92 Å². The first-order valence-corrected chi connectivity index (χ1v) is 4.14. The fourth-order valence-electron chi connectivity index (χ4n) is 0.804. The summed E-state index contributed by atoms with van der Waals surface area (Å²) in [4.78, 5) is 0. The molecule has 0 aliphatic rings. The Kier molecular flexibility index (Phi) is 4.28. The molecule has 0 aromatic carbocycles. The van der Waals surface area contributed by atoms with E-state index in [0.717, 1.165) is 0 Å². The van der Waals surface area contributed by atoms with Crippen LogP contribution in [-0.4, -0.2) is 12.4 Å². The van der Waals surface area contributed by atoms with E-state index in [1.54, 1.807) is 0 Å². The minimum Gasteiger partial charge on any atom is -0.398 e. The third-order valence-electron chi connectivity index (χ3n) is 1.81. The number of hydrogen-bond acceptors (Lipinski definition) is 2. The van der Waals surface area contributed by atoms with E-state index >= 15 is 0 Å². The van der Waals surface area contributed by atoms with Gasteiger partial charge in [0.1, 0.15) is 0 Å². The summed E-state index contributed by atoms with van der Waals surface area (Å²) in [5, 5.41) is 0. The molecule has 0 bridgehead atoms. The Bertz CT molecular complexity index is 372. The van der Waals surface area contributed by atoms with Gasteiger partial charge in [0.2, 0.25) is 0 Å². The van der Waals surface area contributed by atoms with E-state index in [1.807, 2.05) is 0 Å². The molecule has 2 nitrogen and oxygen atoms in total. The zero-order valence-electron chi connectivity index (χ0n) is 8.71. The molecule has 0 aliphatic heterocycles. The fourth-order valence-corrected chi connectivity index (χ4v) is 0.804. The van der Waals surface area contributed by atoms with Crippen molar-refractivity contribution in [2.45, 2.75) is 19.3 Å². The molecule has 0 aromatic rings. The molecule has 17 heavy (non-hydrogen) atoms. The van der Waals surface area contributed by atoms with Gasteiger partial charge in [-0.15, -0.1) is 0 Å². The second-order valence-corrected chi connectivity index (χ2v) is 3.16. The van der Waals surface area contributed by atoms with Crippen LogP contribution in [0.4, 0.5) is 26.3 Å². The predicted molar refractivity (Wildman–Crippen MR) is 50.4 cm³/mol.